The van der Waals surface area contributed by atoms with Gasteiger partial charge in [-0.3, -0.25) is 5.43 Å². The van der Waals surface area contributed by atoms with E-state index in [1.165, 1.54) is 17.0 Å². The summed E-state index contributed by atoms with van der Waals surface area (Å²) in [7, 11) is 0. The molecule has 0 fully saturated rings. The van der Waals surface area contributed by atoms with Gasteiger partial charge in [-0.25, -0.2) is 0 Å². The Kier molecular flexibility index (Phi) is 3.56. The molecule has 0 bridgehead atoms. The van der Waals surface area contributed by atoms with Crippen molar-refractivity contribution in [1.29, 1.82) is 0 Å². The second-order valence-corrected chi connectivity index (χ2v) is 6.14. The number of para-hydroxylation sites is 1. The molecule has 1 aliphatic heterocycles. The molecule has 25 heavy (non-hydrogen) atoms. The molecule has 3 aromatic rings. The Balaban J connectivity index is 1.68. The molecular formula is C19H16F3N3. The molecule has 6 heteroatoms. The number of halogens is 3. The largest absolute Gasteiger partial charge is 0.416 e. The van der Waals surface area contributed by atoms with Crippen LogP contribution >= 0.6 is 0 Å². The van der Waals surface area contributed by atoms with Crippen LogP contribution in [0.1, 0.15) is 23.2 Å². The van der Waals surface area contributed by atoms with Crippen molar-refractivity contribution in [3.05, 3.63) is 65.4 Å². The average Bonchev–Trinajstić information content (AvgIpc) is 3.13. The first kappa shape index (κ1) is 15.7. The molecule has 128 valence electrons. The number of aromatic nitrogens is 1. The minimum atomic E-state index is -4.36. The van der Waals surface area contributed by atoms with Crippen molar-refractivity contribution in [3.8, 4) is 0 Å². The number of hydrazone groups is 1. The molecule has 0 amide bonds. The number of anilines is 1. The fourth-order valence-electron chi connectivity index (χ4n) is 3.42. The van der Waals surface area contributed by atoms with E-state index < -0.39 is 11.7 Å². The Morgan fingerprint density at radius 1 is 1.08 bits per heavy atom. The van der Waals surface area contributed by atoms with Gasteiger partial charge in [0.25, 0.3) is 0 Å². The summed E-state index contributed by atoms with van der Waals surface area (Å²) in [6.07, 6.45) is -3.60. The molecular weight excluding hydrogens is 327 g/mol. The number of nitrogens with one attached hydrogen (secondary N) is 1. The van der Waals surface area contributed by atoms with Crippen molar-refractivity contribution in [3.63, 3.8) is 0 Å². The molecule has 1 aromatic heterocycles. The lowest BCUT2D eigenvalue weighted by molar-refractivity contribution is -0.137. The van der Waals surface area contributed by atoms with E-state index in [1.807, 2.05) is 12.1 Å². The van der Waals surface area contributed by atoms with Crippen molar-refractivity contribution in [2.75, 3.05) is 5.43 Å². The van der Waals surface area contributed by atoms with E-state index in [0.29, 0.717) is 5.69 Å². The molecule has 1 N–H and O–H groups in total. The third-order valence-electron chi connectivity index (χ3n) is 4.58. The molecule has 3 nitrogen and oxygen atoms in total. The summed E-state index contributed by atoms with van der Waals surface area (Å²) in [4.78, 5) is 0. The van der Waals surface area contributed by atoms with Gasteiger partial charge < -0.3 is 4.57 Å². The van der Waals surface area contributed by atoms with Crippen molar-refractivity contribution in [2.45, 2.75) is 26.1 Å². The standard InChI is InChI=1S/C19H16F3N3/c1-12-15-7-2-3-8-17(15)25-10-9-16(18(12)25)24-23-14-6-4-5-13(11-14)19(20,21)22/h2-8,11,23H,9-10H2,1H3/b24-16+. The normalized spacial score (nSPS) is 15.8. The van der Waals surface area contributed by atoms with Crippen LogP contribution in [0.2, 0.25) is 0 Å². The van der Waals surface area contributed by atoms with E-state index >= 15 is 0 Å². The second-order valence-electron chi connectivity index (χ2n) is 6.14. The molecule has 0 saturated heterocycles. The van der Waals surface area contributed by atoms with Gasteiger partial charge >= 0.3 is 6.18 Å². The highest BCUT2D eigenvalue weighted by Gasteiger charge is 2.30. The zero-order chi connectivity index (χ0) is 17.6. The van der Waals surface area contributed by atoms with Crippen LogP contribution in [0.3, 0.4) is 0 Å². The average molecular weight is 343 g/mol. The quantitative estimate of drug-likeness (QED) is 0.638. The lowest BCUT2D eigenvalue weighted by Gasteiger charge is -2.08. The summed E-state index contributed by atoms with van der Waals surface area (Å²) in [5.41, 5.74) is 6.67. The van der Waals surface area contributed by atoms with Crippen molar-refractivity contribution >= 4 is 22.3 Å². The molecule has 0 radical (unpaired) electrons. The molecule has 0 aliphatic carbocycles. The summed E-state index contributed by atoms with van der Waals surface area (Å²) in [6, 6.07) is 13.2. The predicted molar refractivity (Wildman–Crippen MR) is 92.9 cm³/mol. The zero-order valence-electron chi connectivity index (χ0n) is 13.6. The number of aryl methyl sites for hydroxylation is 2. The topological polar surface area (TPSA) is 29.3 Å². The van der Waals surface area contributed by atoms with Gasteiger partial charge in [0, 0.05) is 23.9 Å². The lowest BCUT2D eigenvalue weighted by Crippen LogP contribution is -2.06. The van der Waals surface area contributed by atoms with Gasteiger partial charge in [0.2, 0.25) is 0 Å². The Labute approximate surface area is 142 Å². The molecule has 2 heterocycles. The monoisotopic (exact) mass is 343 g/mol. The van der Waals surface area contributed by atoms with Gasteiger partial charge in [-0.15, -0.1) is 0 Å². The summed E-state index contributed by atoms with van der Waals surface area (Å²) in [5.74, 6) is 0. The van der Waals surface area contributed by atoms with Gasteiger partial charge in [0.15, 0.2) is 0 Å². The number of hydrogen-bond acceptors (Lipinski definition) is 2. The predicted octanol–water partition coefficient (Wildman–Crippen LogP) is 5.19. The van der Waals surface area contributed by atoms with Crippen molar-refractivity contribution in [1.82, 2.24) is 4.57 Å². The SMILES string of the molecule is Cc1c2n(c3ccccc13)CC/C2=N\Nc1cccc(C(F)(F)F)c1. The van der Waals surface area contributed by atoms with Gasteiger partial charge in [0.1, 0.15) is 0 Å². The van der Waals surface area contributed by atoms with Crippen LogP contribution in [0, 0.1) is 6.92 Å². The summed E-state index contributed by atoms with van der Waals surface area (Å²) in [6.45, 7) is 2.88. The maximum atomic E-state index is 12.8. The first-order chi connectivity index (χ1) is 11.9. The Morgan fingerprint density at radius 2 is 1.88 bits per heavy atom. The minimum absolute atomic E-state index is 0.328. The van der Waals surface area contributed by atoms with Crippen LogP contribution in [0.15, 0.2) is 53.6 Å². The van der Waals surface area contributed by atoms with Crippen LogP contribution in [-0.4, -0.2) is 10.3 Å². The van der Waals surface area contributed by atoms with Crippen molar-refractivity contribution in [2.24, 2.45) is 5.10 Å². The molecule has 2 aromatic carbocycles. The number of hydrogen-bond donors (Lipinski definition) is 1. The summed E-state index contributed by atoms with van der Waals surface area (Å²) < 4.78 is 40.7. The number of fused-ring (bicyclic) bond motifs is 3. The van der Waals surface area contributed by atoms with Crippen LogP contribution in [0.5, 0.6) is 0 Å². The molecule has 0 atom stereocenters. The summed E-state index contributed by atoms with van der Waals surface area (Å²) >= 11 is 0. The molecule has 0 saturated carbocycles. The number of nitrogens with zero attached hydrogens (tertiary/aromatic N) is 2. The number of rotatable bonds is 2. The second kappa shape index (κ2) is 5.65. The first-order valence-corrected chi connectivity index (χ1v) is 8.03. The van der Waals surface area contributed by atoms with Gasteiger partial charge in [0.05, 0.1) is 22.7 Å². The minimum Gasteiger partial charge on any atom is -0.339 e. The molecule has 1 aliphatic rings. The van der Waals surface area contributed by atoms with E-state index in [1.54, 1.807) is 6.07 Å². The van der Waals surface area contributed by atoms with E-state index in [9.17, 15) is 13.2 Å². The van der Waals surface area contributed by atoms with Crippen LogP contribution in [-0.2, 0) is 12.7 Å². The molecule has 4 rings (SSSR count). The highest BCUT2D eigenvalue weighted by atomic mass is 19.4. The third-order valence-corrected chi connectivity index (χ3v) is 4.58. The highest BCUT2D eigenvalue weighted by molar-refractivity contribution is 6.07. The Morgan fingerprint density at radius 3 is 2.68 bits per heavy atom. The Bertz CT molecular complexity index is 983. The lowest BCUT2D eigenvalue weighted by atomic mass is 10.1. The van der Waals surface area contributed by atoms with Crippen LogP contribution in [0.4, 0.5) is 18.9 Å². The number of alkyl halides is 3. The Hall–Kier alpha value is -2.76. The smallest absolute Gasteiger partial charge is 0.339 e. The van der Waals surface area contributed by atoms with Crippen LogP contribution < -0.4 is 5.43 Å². The fraction of sp³-hybridized carbons (Fsp3) is 0.211. The fourth-order valence-corrected chi connectivity index (χ4v) is 3.42. The number of benzene rings is 2. The van der Waals surface area contributed by atoms with E-state index in [4.69, 9.17) is 0 Å². The van der Waals surface area contributed by atoms with Gasteiger partial charge in [-0.05, 0) is 36.8 Å². The van der Waals surface area contributed by atoms with E-state index in [-0.39, 0.29) is 0 Å². The van der Waals surface area contributed by atoms with Gasteiger partial charge in [-0.2, -0.15) is 18.3 Å². The summed E-state index contributed by atoms with van der Waals surface area (Å²) in [5, 5.41) is 5.58. The first-order valence-electron chi connectivity index (χ1n) is 8.03. The third kappa shape index (κ3) is 2.67. The van der Waals surface area contributed by atoms with E-state index in [0.717, 1.165) is 42.1 Å². The molecule has 0 unspecified atom stereocenters. The van der Waals surface area contributed by atoms with Crippen LogP contribution in [0.25, 0.3) is 10.9 Å². The van der Waals surface area contributed by atoms with E-state index in [2.05, 4.69) is 34.2 Å². The van der Waals surface area contributed by atoms with Gasteiger partial charge in [-0.1, -0.05) is 24.3 Å². The zero-order valence-corrected chi connectivity index (χ0v) is 13.6. The van der Waals surface area contributed by atoms with Crippen molar-refractivity contribution < 1.29 is 13.2 Å². The highest BCUT2D eigenvalue weighted by Crippen LogP contribution is 2.32. The maximum absolute atomic E-state index is 12.8. The maximum Gasteiger partial charge on any atom is 0.416 e. The molecule has 0 spiro atoms.